The van der Waals surface area contributed by atoms with Gasteiger partial charge in [0, 0.05) is 25.2 Å². The van der Waals surface area contributed by atoms with Crippen LogP contribution in [0.1, 0.15) is 86.1 Å². The third-order valence-electron chi connectivity index (χ3n) is 4.91. The number of hydrogen-bond acceptors (Lipinski definition) is 3. The molecule has 0 unspecified atom stereocenters. The summed E-state index contributed by atoms with van der Waals surface area (Å²) in [6, 6.07) is 0. The van der Waals surface area contributed by atoms with Gasteiger partial charge in [-0.2, -0.15) is 0 Å². The minimum absolute atomic E-state index is 0.0140. The molecule has 0 atom stereocenters. The Balaban J connectivity index is 1.91. The molecule has 138 valence electrons. The minimum Gasteiger partial charge on any atom is -0.346 e. The van der Waals surface area contributed by atoms with Crippen LogP contribution in [0.25, 0.3) is 0 Å². The molecule has 0 radical (unpaired) electrons. The van der Waals surface area contributed by atoms with Crippen molar-refractivity contribution >= 4 is 11.8 Å². The molecule has 1 fully saturated rings. The van der Waals surface area contributed by atoms with Crippen molar-refractivity contribution in [1.29, 1.82) is 0 Å². The molecule has 2 amide bonds. The van der Waals surface area contributed by atoms with E-state index in [9.17, 15) is 9.59 Å². The normalized spacial score (nSPS) is 18.4. The Morgan fingerprint density at radius 1 is 0.960 bits per heavy atom. The largest absolute Gasteiger partial charge is 0.346 e. The Morgan fingerprint density at radius 2 is 1.60 bits per heavy atom. The van der Waals surface area contributed by atoms with Crippen molar-refractivity contribution in [2.45, 2.75) is 77.8 Å². The van der Waals surface area contributed by atoms with Gasteiger partial charge in [-0.3, -0.25) is 9.59 Å². The predicted molar refractivity (Wildman–Crippen MR) is 96.8 cm³/mol. The summed E-state index contributed by atoms with van der Waals surface area (Å²) in [4.78, 5) is 32.2. The van der Waals surface area contributed by atoms with Crippen LogP contribution in [0.15, 0.2) is 0 Å². The fraction of sp³-hybridized carbons (Fsp3) is 0.737. The molecule has 25 heavy (non-hydrogen) atoms. The van der Waals surface area contributed by atoms with Crippen LogP contribution >= 0.6 is 0 Å². The Morgan fingerprint density at radius 3 is 2.24 bits per heavy atom. The van der Waals surface area contributed by atoms with Gasteiger partial charge in [-0.1, -0.05) is 12.8 Å². The average Bonchev–Trinajstić information content (AvgIpc) is 2.73. The Labute approximate surface area is 150 Å². The molecule has 1 N–H and O–H groups in total. The molecular formula is C19H30N4O2. The summed E-state index contributed by atoms with van der Waals surface area (Å²) in [5, 5.41) is 2.99. The highest BCUT2D eigenvalue weighted by Crippen LogP contribution is 2.23. The van der Waals surface area contributed by atoms with Gasteiger partial charge in [0.25, 0.3) is 11.8 Å². The fourth-order valence-electron chi connectivity index (χ4n) is 3.70. The smallest absolute Gasteiger partial charge is 0.289 e. The van der Waals surface area contributed by atoms with Gasteiger partial charge in [0.05, 0.1) is 5.69 Å². The van der Waals surface area contributed by atoms with Crippen LogP contribution < -0.4 is 5.32 Å². The predicted octanol–water partition coefficient (Wildman–Crippen LogP) is 2.76. The van der Waals surface area contributed by atoms with Crippen LogP contribution in [0.3, 0.4) is 0 Å². The number of fused-ring (bicyclic) bond motifs is 1. The molecule has 3 rings (SSSR count). The fourth-order valence-corrected chi connectivity index (χ4v) is 3.70. The molecule has 0 aromatic carbocycles. The lowest BCUT2D eigenvalue weighted by Crippen LogP contribution is -2.41. The summed E-state index contributed by atoms with van der Waals surface area (Å²) in [7, 11) is 0. The Kier molecular flexibility index (Phi) is 5.16. The summed E-state index contributed by atoms with van der Waals surface area (Å²) in [6.07, 6.45) is 7.36. The number of carbonyl (C=O) groups is 2. The second-order valence-electron chi connectivity index (χ2n) is 8.25. The number of hydrogen-bond donors (Lipinski definition) is 1. The number of likely N-dealkylation sites (tertiary alicyclic amines) is 1. The van der Waals surface area contributed by atoms with Gasteiger partial charge in [0.2, 0.25) is 0 Å². The van der Waals surface area contributed by atoms with E-state index in [1.165, 1.54) is 12.8 Å². The van der Waals surface area contributed by atoms with Gasteiger partial charge >= 0.3 is 0 Å². The zero-order valence-corrected chi connectivity index (χ0v) is 15.7. The van der Waals surface area contributed by atoms with Gasteiger partial charge in [-0.05, 0) is 52.9 Å². The highest BCUT2D eigenvalue weighted by Gasteiger charge is 2.31. The van der Waals surface area contributed by atoms with Crippen molar-refractivity contribution in [3.8, 4) is 0 Å². The third-order valence-corrected chi connectivity index (χ3v) is 4.91. The van der Waals surface area contributed by atoms with E-state index < -0.39 is 0 Å². The first-order valence-electron chi connectivity index (χ1n) is 9.58. The van der Waals surface area contributed by atoms with Crippen molar-refractivity contribution in [2.24, 2.45) is 0 Å². The van der Waals surface area contributed by atoms with Crippen molar-refractivity contribution in [1.82, 2.24) is 19.8 Å². The van der Waals surface area contributed by atoms with E-state index in [2.05, 4.69) is 10.3 Å². The van der Waals surface area contributed by atoms with Crippen molar-refractivity contribution in [2.75, 3.05) is 13.1 Å². The van der Waals surface area contributed by atoms with E-state index >= 15 is 0 Å². The number of rotatable bonds is 2. The molecule has 0 spiro atoms. The zero-order chi connectivity index (χ0) is 18.0. The van der Waals surface area contributed by atoms with Gasteiger partial charge in [0.1, 0.15) is 5.69 Å². The average molecular weight is 346 g/mol. The van der Waals surface area contributed by atoms with E-state index in [1.54, 1.807) is 0 Å². The van der Waals surface area contributed by atoms with Crippen molar-refractivity contribution in [3.05, 3.63) is 17.2 Å². The lowest BCUT2D eigenvalue weighted by atomic mass is 10.1. The highest BCUT2D eigenvalue weighted by atomic mass is 16.2. The van der Waals surface area contributed by atoms with E-state index in [0.29, 0.717) is 11.5 Å². The van der Waals surface area contributed by atoms with Gasteiger partial charge < -0.3 is 14.8 Å². The van der Waals surface area contributed by atoms with Crippen LogP contribution in [0.4, 0.5) is 0 Å². The molecule has 1 aromatic rings. The number of amides is 2. The summed E-state index contributed by atoms with van der Waals surface area (Å²) in [6.45, 7) is 8.24. The molecule has 1 saturated heterocycles. The van der Waals surface area contributed by atoms with E-state index in [4.69, 9.17) is 0 Å². The van der Waals surface area contributed by atoms with E-state index in [0.717, 1.165) is 57.4 Å². The van der Waals surface area contributed by atoms with Gasteiger partial charge in [-0.15, -0.1) is 0 Å². The Bertz CT molecular complexity index is 649. The minimum atomic E-state index is -0.322. The maximum absolute atomic E-state index is 13.1. The van der Waals surface area contributed by atoms with Crippen LogP contribution in [0.2, 0.25) is 0 Å². The molecule has 0 aliphatic carbocycles. The number of aromatic nitrogens is 2. The lowest BCUT2D eigenvalue weighted by molar-refractivity contribution is 0.0743. The van der Waals surface area contributed by atoms with Crippen LogP contribution in [-0.4, -0.2) is 44.9 Å². The first kappa shape index (κ1) is 18.0. The second kappa shape index (κ2) is 7.18. The number of imidazole rings is 1. The molecule has 0 saturated carbocycles. The number of carbonyl (C=O) groups excluding carboxylic acids is 2. The third kappa shape index (κ3) is 4.05. The van der Waals surface area contributed by atoms with Crippen LogP contribution in [0.5, 0.6) is 0 Å². The van der Waals surface area contributed by atoms with Gasteiger partial charge in [-0.25, -0.2) is 4.98 Å². The summed E-state index contributed by atoms with van der Waals surface area (Å²) in [5.41, 5.74) is 1.04. The molecule has 2 aliphatic rings. The van der Waals surface area contributed by atoms with Crippen LogP contribution in [-0.2, 0) is 13.0 Å². The maximum Gasteiger partial charge on any atom is 0.289 e. The van der Waals surface area contributed by atoms with E-state index in [1.807, 2.05) is 30.2 Å². The topological polar surface area (TPSA) is 67.2 Å². The first-order valence-corrected chi connectivity index (χ1v) is 9.58. The summed E-state index contributed by atoms with van der Waals surface area (Å²) < 4.78 is 1.99. The molecule has 6 nitrogen and oxygen atoms in total. The number of nitrogens with zero attached hydrogens (tertiary/aromatic N) is 3. The molecule has 0 bridgehead atoms. The SMILES string of the molecule is CC(C)(C)NC(=O)c1nc(C(=O)N2CCCCCC2)n2c1CCCC2. The van der Waals surface area contributed by atoms with Crippen LogP contribution in [0, 0.1) is 0 Å². The van der Waals surface area contributed by atoms with Crippen molar-refractivity contribution in [3.63, 3.8) is 0 Å². The number of nitrogens with one attached hydrogen (secondary N) is 1. The molecule has 2 aliphatic heterocycles. The highest BCUT2D eigenvalue weighted by molar-refractivity contribution is 5.97. The quantitative estimate of drug-likeness (QED) is 0.895. The molecule has 1 aromatic heterocycles. The first-order chi connectivity index (χ1) is 11.9. The monoisotopic (exact) mass is 346 g/mol. The molecular weight excluding hydrogens is 316 g/mol. The lowest BCUT2D eigenvalue weighted by Gasteiger charge is -2.22. The van der Waals surface area contributed by atoms with E-state index in [-0.39, 0.29) is 17.4 Å². The zero-order valence-electron chi connectivity index (χ0n) is 15.7. The standard InChI is InChI=1S/C19H30N4O2/c1-19(2,3)21-17(24)15-14-10-6-9-13-23(14)16(20-15)18(25)22-11-7-4-5-8-12-22/h4-13H2,1-3H3,(H,21,24). The maximum atomic E-state index is 13.1. The summed E-state index contributed by atoms with van der Waals surface area (Å²) >= 11 is 0. The van der Waals surface area contributed by atoms with Gasteiger partial charge in [0.15, 0.2) is 5.82 Å². The molecule has 6 heteroatoms. The molecule has 3 heterocycles. The Hall–Kier alpha value is -1.85. The van der Waals surface area contributed by atoms with Crippen molar-refractivity contribution < 1.29 is 9.59 Å². The second-order valence-corrected chi connectivity index (χ2v) is 8.25. The summed E-state index contributed by atoms with van der Waals surface area (Å²) in [5.74, 6) is 0.267.